The molecule has 0 fully saturated rings. The van der Waals surface area contributed by atoms with Gasteiger partial charge in [-0.1, -0.05) is 53.2 Å². The van der Waals surface area contributed by atoms with Gasteiger partial charge in [0, 0.05) is 29.6 Å². The summed E-state index contributed by atoms with van der Waals surface area (Å²) in [6.45, 7) is 2.15. The fourth-order valence-corrected chi connectivity index (χ4v) is 2.07. The molecule has 3 heteroatoms. The van der Waals surface area contributed by atoms with E-state index in [9.17, 15) is 0 Å². The summed E-state index contributed by atoms with van der Waals surface area (Å²) in [6, 6.07) is 12.4. The predicted octanol–water partition coefficient (Wildman–Crippen LogP) is 3.41. The van der Waals surface area contributed by atoms with E-state index in [1.807, 2.05) is 29.9 Å². The van der Waals surface area contributed by atoms with Crippen molar-refractivity contribution in [1.82, 2.24) is 9.78 Å². The lowest BCUT2D eigenvalue weighted by Crippen LogP contribution is -2.03. The van der Waals surface area contributed by atoms with Gasteiger partial charge in [-0.25, -0.2) is 0 Å². The highest BCUT2D eigenvalue weighted by Gasteiger charge is 2.08. The van der Waals surface area contributed by atoms with Crippen molar-refractivity contribution in [3.8, 4) is 11.3 Å². The number of alkyl halides is 1. The first-order chi connectivity index (χ1) is 7.66. The van der Waals surface area contributed by atoms with Gasteiger partial charge in [-0.15, -0.1) is 0 Å². The van der Waals surface area contributed by atoms with Gasteiger partial charge >= 0.3 is 0 Å². The Morgan fingerprint density at radius 2 is 2.00 bits per heavy atom. The molecule has 1 aromatic heterocycles. The zero-order chi connectivity index (χ0) is 11.5. The van der Waals surface area contributed by atoms with Gasteiger partial charge in [0.2, 0.25) is 0 Å². The zero-order valence-corrected chi connectivity index (χ0v) is 11.1. The molecule has 1 heterocycles. The molecule has 1 aromatic carbocycles. The Balaban J connectivity index is 2.31. The fraction of sp³-hybridized carbons (Fsp3) is 0.308. The van der Waals surface area contributed by atoms with Crippen molar-refractivity contribution < 1.29 is 0 Å². The molecule has 2 aromatic rings. The molecule has 0 aliphatic heterocycles. The molecule has 0 saturated carbocycles. The van der Waals surface area contributed by atoms with Crippen molar-refractivity contribution in [2.45, 2.75) is 18.2 Å². The normalized spacial score (nSPS) is 12.7. The summed E-state index contributed by atoms with van der Waals surface area (Å²) < 4.78 is 1.96. The highest BCUT2D eigenvalue weighted by Crippen LogP contribution is 2.19. The van der Waals surface area contributed by atoms with Crippen LogP contribution in [-0.4, -0.2) is 14.6 Å². The topological polar surface area (TPSA) is 17.8 Å². The minimum atomic E-state index is 0.478. The average Bonchev–Trinajstić information content (AvgIpc) is 2.61. The van der Waals surface area contributed by atoms with Crippen LogP contribution < -0.4 is 0 Å². The molecule has 0 amide bonds. The summed E-state index contributed by atoms with van der Waals surface area (Å²) in [5, 5.41) is 4.53. The third kappa shape index (κ3) is 2.53. The maximum Gasteiger partial charge on any atom is 0.0925 e. The van der Waals surface area contributed by atoms with Crippen LogP contribution in [0, 0.1) is 0 Å². The number of nitrogens with zero attached hydrogens (tertiary/aromatic N) is 2. The maximum atomic E-state index is 4.53. The van der Waals surface area contributed by atoms with E-state index in [-0.39, 0.29) is 0 Å². The minimum absolute atomic E-state index is 0.478. The van der Waals surface area contributed by atoms with Crippen molar-refractivity contribution in [3.63, 3.8) is 0 Å². The molecule has 0 aliphatic rings. The zero-order valence-electron chi connectivity index (χ0n) is 9.52. The van der Waals surface area contributed by atoms with E-state index in [1.165, 1.54) is 11.3 Å². The van der Waals surface area contributed by atoms with Crippen molar-refractivity contribution in [1.29, 1.82) is 0 Å². The molecular weight excluding hydrogens is 264 g/mol. The number of hydrogen-bond acceptors (Lipinski definition) is 1. The Labute approximate surface area is 104 Å². The average molecular weight is 279 g/mol. The molecular formula is C13H15BrN2. The van der Waals surface area contributed by atoms with Gasteiger partial charge in [0.05, 0.1) is 5.69 Å². The molecule has 0 bridgehead atoms. The van der Waals surface area contributed by atoms with Crippen LogP contribution in [0.1, 0.15) is 12.6 Å². The highest BCUT2D eigenvalue weighted by molar-refractivity contribution is 9.09. The molecule has 2 nitrogen and oxygen atoms in total. The number of halogens is 1. The van der Waals surface area contributed by atoms with Gasteiger partial charge in [0.15, 0.2) is 0 Å². The van der Waals surface area contributed by atoms with Gasteiger partial charge in [-0.2, -0.15) is 5.10 Å². The van der Waals surface area contributed by atoms with Crippen LogP contribution in [0.5, 0.6) is 0 Å². The van der Waals surface area contributed by atoms with E-state index in [4.69, 9.17) is 0 Å². The van der Waals surface area contributed by atoms with Crippen molar-refractivity contribution in [3.05, 3.63) is 42.1 Å². The molecule has 0 radical (unpaired) electrons. The van der Waals surface area contributed by atoms with E-state index in [2.05, 4.69) is 46.2 Å². The molecule has 1 atom stereocenters. The molecule has 0 aliphatic carbocycles. The fourth-order valence-electron chi connectivity index (χ4n) is 1.74. The van der Waals surface area contributed by atoms with Crippen molar-refractivity contribution >= 4 is 15.9 Å². The van der Waals surface area contributed by atoms with Crippen LogP contribution in [0.4, 0.5) is 0 Å². The lowest BCUT2D eigenvalue weighted by Gasteiger charge is -2.02. The third-order valence-electron chi connectivity index (χ3n) is 2.54. The SMILES string of the molecule is CC(Br)Cc1cc(-c2ccccc2)nn1C. The van der Waals surface area contributed by atoms with Crippen LogP contribution in [-0.2, 0) is 13.5 Å². The lowest BCUT2D eigenvalue weighted by molar-refractivity contribution is 0.706. The van der Waals surface area contributed by atoms with Crippen LogP contribution in [0.3, 0.4) is 0 Å². The molecule has 2 rings (SSSR count). The Bertz CT molecular complexity index is 460. The Hall–Kier alpha value is -1.09. The van der Waals surface area contributed by atoms with E-state index >= 15 is 0 Å². The summed E-state index contributed by atoms with van der Waals surface area (Å²) >= 11 is 3.57. The quantitative estimate of drug-likeness (QED) is 0.787. The lowest BCUT2D eigenvalue weighted by atomic mass is 10.1. The van der Waals surface area contributed by atoms with E-state index in [0.29, 0.717) is 4.83 Å². The molecule has 0 spiro atoms. The molecule has 84 valence electrons. The first-order valence-electron chi connectivity index (χ1n) is 5.39. The van der Waals surface area contributed by atoms with Gasteiger partial charge in [0.25, 0.3) is 0 Å². The number of aromatic nitrogens is 2. The highest BCUT2D eigenvalue weighted by atomic mass is 79.9. The van der Waals surface area contributed by atoms with Crippen molar-refractivity contribution in [2.75, 3.05) is 0 Å². The van der Waals surface area contributed by atoms with Gasteiger partial charge in [-0.3, -0.25) is 4.68 Å². The van der Waals surface area contributed by atoms with Crippen LogP contribution in [0.25, 0.3) is 11.3 Å². The Kier molecular flexibility index (Phi) is 3.44. The Morgan fingerprint density at radius 3 is 2.62 bits per heavy atom. The van der Waals surface area contributed by atoms with Gasteiger partial charge in [-0.05, 0) is 6.07 Å². The van der Waals surface area contributed by atoms with Gasteiger partial charge in [0.1, 0.15) is 0 Å². The standard InChI is InChI=1S/C13H15BrN2/c1-10(14)8-12-9-13(15-16(12)2)11-6-4-3-5-7-11/h3-7,9-10H,8H2,1-2H3. The Morgan fingerprint density at radius 1 is 1.31 bits per heavy atom. The molecule has 0 saturated heterocycles. The number of benzene rings is 1. The molecule has 0 N–H and O–H groups in total. The smallest absolute Gasteiger partial charge is 0.0925 e. The van der Waals surface area contributed by atoms with E-state index in [0.717, 1.165) is 12.1 Å². The minimum Gasteiger partial charge on any atom is -0.272 e. The third-order valence-corrected chi connectivity index (χ3v) is 2.86. The maximum absolute atomic E-state index is 4.53. The van der Waals surface area contributed by atoms with E-state index in [1.54, 1.807) is 0 Å². The molecule has 16 heavy (non-hydrogen) atoms. The number of rotatable bonds is 3. The first kappa shape index (κ1) is 11.4. The van der Waals surface area contributed by atoms with E-state index < -0.39 is 0 Å². The largest absolute Gasteiger partial charge is 0.272 e. The summed E-state index contributed by atoms with van der Waals surface area (Å²) in [5.74, 6) is 0. The second kappa shape index (κ2) is 4.83. The summed E-state index contributed by atoms with van der Waals surface area (Å²) in [5.41, 5.74) is 3.47. The molecule has 1 unspecified atom stereocenters. The second-order valence-electron chi connectivity index (χ2n) is 4.00. The number of aryl methyl sites for hydroxylation is 1. The van der Waals surface area contributed by atoms with Crippen LogP contribution in [0.15, 0.2) is 36.4 Å². The summed E-state index contributed by atoms with van der Waals surface area (Å²) in [4.78, 5) is 0.478. The number of hydrogen-bond donors (Lipinski definition) is 0. The van der Waals surface area contributed by atoms with Gasteiger partial charge < -0.3 is 0 Å². The monoisotopic (exact) mass is 278 g/mol. The summed E-state index contributed by atoms with van der Waals surface area (Å²) in [7, 11) is 2.00. The van der Waals surface area contributed by atoms with Crippen LogP contribution in [0.2, 0.25) is 0 Å². The summed E-state index contributed by atoms with van der Waals surface area (Å²) in [6.07, 6.45) is 0.996. The van der Waals surface area contributed by atoms with Crippen molar-refractivity contribution in [2.24, 2.45) is 7.05 Å². The second-order valence-corrected chi connectivity index (χ2v) is 5.56. The van der Waals surface area contributed by atoms with Crippen LogP contribution >= 0.6 is 15.9 Å². The predicted molar refractivity (Wildman–Crippen MR) is 70.7 cm³/mol. The first-order valence-corrected chi connectivity index (χ1v) is 6.31.